The Balaban J connectivity index is 2.34. The lowest BCUT2D eigenvalue weighted by Crippen LogP contribution is -2.32. The van der Waals surface area contributed by atoms with E-state index in [0.29, 0.717) is 5.75 Å². The van der Waals surface area contributed by atoms with Gasteiger partial charge in [0, 0.05) is 31.1 Å². The fourth-order valence-electron chi connectivity index (χ4n) is 2.81. The minimum atomic E-state index is -1.03. The summed E-state index contributed by atoms with van der Waals surface area (Å²) in [6.07, 6.45) is 3.78. The van der Waals surface area contributed by atoms with E-state index < -0.39 is 12.0 Å². The lowest BCUT2D eigenvalue weighted by molar-refractivity contribution is -0.138. The molecule has 0 saturated carbocycles. The van der Waals surface area contributed by atoms with Gasteiger partial charge in [0.15, 0.2) is 0 Å². The molecular formula is C16H24N2O4. The van der Waals surface area contributed by atoms with Crippen LogP contribution in [0.25, 0.3) is 0 Å². The van der Waals surface area contributed by atoms with Crippen molar-refractivity contribution in [3.05, 3.63) is 17.7 Å². The quantitative estimate of drug-likeness (QED) is 0.831. The van der Waals surface area contributed by atoms with Crippen molar-refractivity contribution in [3.63, 3.8) is 0 Å². The van der Waals surface area contributed by atoms with Gasteiger partial charge in [-0.05, 0) is 25.3 Å². The number of carbonyl (C=O) groups is 1. The van der Waals surface area contributed by atoms with Crippen molar-refractivity contribution in [1.29, 1.82) is 0 Å². The molecule has 3 N–H and O–H groups in total. The Kier molecular flexibility index (Phi) is 5.49. The second-order valence-electron chi connectivity index (χ2n) is 5.53. The first-order valence-electron chi connectivity index (χ1n) is 7.55. The van der Waals surface area contributed by atoms with Crippen LogP contribution in [0.5, 0.6) is 11.5 Å². The summed E-state index contributed by atoms with van der Waals surface area (Å²) < 4.78 is 10.9. The third-order valence-electron chi connectivity index (χ3n) is 4.04. The van der Waals surface area contributed by atoms with Crippen LogP contribution >= 0.6 is 0 Å². The molecule has 1 aromatic carbocycles. The summed E-state index contributed by atoms with van der Waals surface area (Å²) in [6.45, 7) is 1.99. The number of methoxy groups -OCH3 is 2. The number of rotatable bonds is 6. The predicted molar refractivity (Wildman–Crippen MR) is 84.9 cm³/mol. The second-order valence-corrected chi connectivity index (χ2v) is 5.53. The lowest BCUT2D eigenvalue weighted by atomic mass is 10.0. The first-order chi connectivity index (χ1) is 10.6. The number of aliphatic carboxylic acids is 1. The number of carboxylic acids is 1. The molecule has 2 rings (SSSR count). The zero-order valence-electron chi connectivity index (χ0n) is 13.2. The molecule has 1 atom stereocenters. The van der Waals surface area contributed by atoms with Crippen LogP contribution < -0.4 is 20.1 Å². The summed E-state index contributed by atoms with van der Waals surface area (Å²) in [4.78, 5) is 13.3. The summed E-state index contributed by atoms with van der Waals surface area (Å²) in [7, 11) is 3.20. The molecule has 1 fully saturated rings. The molecule has 0 aliphatic carbocycles. The molecule has 1 unspecified atom stereocenters. The smallest absolute Gasteiger partial charge is 0.320 e. The minimum absolute atomic E-state index is 0.204. The van der Waals surface area contributed by atoms with Gasteiger partial charge in [0.2, 0.25) is 0 Å². The van der Waals surface area contributed by atoms with Crippen LogP contribution in [0.1, 0.15) is 24.8 Å². The summed E-state index contributed by atoms with van der Waals surface area (Å²) in [5.41, 5.74) is 7.38. The highest BCUT2D eigenvalue weighted by molar-refractivity contribution is 5.74. The molecule has 22 heavy (non-hydrogen) atoms. The molecule has 1 aliphatic rings. The highest BCUT2D eigenvalue weighted by atomic mass is 16.5. The maximum Gasteiger partial charge on any atom is 0.320 e. The number of anilines is 1. The molecule has 0 aromatic heterocycles. The molecule has 122 valence electrons. The zero-order valence-corrected chi connectivity index (χ0v) is 13.2. The minimum Gasteiger partial charge on any atom is -0.496 e. The Hall–Kier alpha value is -1.95. The maximum absolute atomic E-state index is 11.0. The normalized spacial score (nSPS) is 16.2. The van der Waals surface area contributed by atoms with E-state index >= 15 is 0 Å². The van der Waals surface area contributed by atoms with Crippen LogP contribution in [0.4, 0.5) is 5.69 Å². The molecule has 1 heterocycles. The van der Waals surface area contributed by atoms with Crippen molar-refractivity contribution >= 4 is 11.7 Å². The largest absolute Gasteiger partial charge is 0.496 e. The van der Waals surface area contributed by atoms with Gasteiger partial charge in [-0.3, -0.25) is 4.79 Å². The van der Waals surface area contributed by atoms with Crippen LogP contribution in [0.2, 0.25) is 0 Å². The Morgan fingerprint density at radius 1 is 1.23 bits per heavy atom. The molecular weight excluding hydrogens is 284 g/mol. The average molecular weight is 308 g/mol. The predicted octanol–water partition coefficient (Wildman–Crippen LogP) is 1.65. The number of hydrogen-bond acceptors (Lipinski definition) is 5. The van der Waals surface area contributed by atoms with Crippen molar-refractivity contribution in [3.8, 4) is 11.5 Å². The van der Waals surface area contributed by atoms with Crippen molar-refractivity contribution in [2.24, 2.45) is 5.73 Å². The monoisotopic (exact) mass is 308 g/mol. The van der Waals surface area contributed by atoms with Crippen LogP contribution in [0.3, 0.4) is 0 Å². The third kappa shape index (κ3) is 3.62. The number of nitrogens with two attached hydrogens (primary N) is 1. The van der Waals surface area contributed by atoms with E-state index in [9.17, 15) is 4.79 Å². The first-order valence-corrected chi connectivity index (χ1v) is 7.55. The first kappa shape index (κ1) is 16.4. The molecule has 0 radical (unpaired) electrons. The van der Waals surface area contributed by atoms with Crippen molar-refractivity contribution in [1.82, 2.24) is 0 Å². The Bertz CT molecular complexity index is 527. The molecule has 0 spiro atoms. The third-order valence-corrected chi connectivity index (χ3v) is 4.04. The summed E-state index contributed by atoms with van der Waals surface area (Å²) in [5.74, 6) is 0.356. The van der Waals surface area contributed by atoms with E-state index in [2.05, 4.69) is 4.90 Å². The van der Waals surface area contributed by atoms with Crippen molar-refractivity contribution in [2.75, 3.05) is 32.2 Å². The van der Waals surface area contributed by atoms with Crippen molar-refractivity contribution < 1.29 is 19.4 Å². The van der Waals surface area contributed by atoms with E-state index in [1.165, 1.54) is 6.42 Å². The SMILES string of the molecule is COc1cc(N2CCCCC2)c(OC)cc1CC(N)C(=O)O. The van der Waals surface area contributed by atoms with E-state index in [0.717, 1.165) is 42.9 Å². The molecule has 1 saturated heterocycles. The van der Waals surface area contributed by atoms with Gasteiger partial charge in [0.25, 0.3) is 0 Å². The van der Waals surface area contributed by atoms with Gasteiger partial charge in [-0.25, -0.2) is 0 Å². The highest BCUT2D eigenvalue weighted by Gasteiger charge is 2.21. The number of benzene rings is 1. The summed E-state index contributed by atoms with van der Waals surface area (Å²) >= 11 is 0. The summed E-state index contributed by atoms with van der Waals surface area (Å²) in [5, 5.41) is 8.99. The van der Waals surface area contributed by atoms with Gasteiger partial charge in [-0.2, -0.15) is 0 Å². The lowest BCUT2D eigenvalue weighted by Gasteiger charge is -2.30. The van der Waals surface area contributed by atoms with Crippen LogP contribution in [-0.2, 0) is 11.2 Å². The number of hydrogen-bond donors (Lipinski definition) is 2. The fraction of sp³-hybridized carbons (Fsp3) is 0.562. The number of ether oxygens (including phenoxy) is 2. The highest BCUT2D eigenvalue weighted by Crippen LogP contribution is 2.37. The van der Waals surface area contributed by atoms with E-state index in [1.54, 1.807) is 14.2 Å². The van der Waals surface area contributed by atoms with Gasteiger partial charge < -0.3 is 25.2 Å². The van der Waals surface area contributed by atoms with Crippen LogP contribution in [-0.4, -0.2) is 44.4 Å². The second kappa shape index (κ2) is 7.35. The Labute approximate surface area is 130 Å². The molecule has 6 heteroatoms. The van der Waals surface area contributed by atoms with Crippen LogP contribution in [0, 0.1) is 0 Å². The van der Waals surface area contributed by atoms with Gasteiger partial charge in [0.05, 0.1) is 19.9 Å². The van der Waals surface area contributed by atoms with Gasteiger partial charge in [-0.15, -0.1) is 0 Å². The molecule has 1 aromatic rings. The average Bonchev–Trinajstić information content (AvgIpc) is 2.55. The molecule has 0 amide bonds. The number of piperidine rings is 1. The fourth-order valence-corrected chi connectivity index (χ4v) is 2.81. The Morgan fingerprint density at radius 3 is 2.41 bits per heavy atom. The number of nitrogens with zero attached hydrogens (tertiary/aromatic N) is 1. The zero-order chi connectivity index (χ0) is 16.1. The maximum atomic E-state index is 11.0. The van der Waals surface area contributed by atoms with E-state index in [4.69, 9.17) is 20.3 Å². The van der Waals surface area contributed by atoms with E-state index in [-0.39, 0.29) is 6.42 Å². The standard InChI is InChI=1S/C16H24N2O4/c1-21-14-10-13(18-6-4-3-5-7-18)15(22-2)9-11(14)8-12(17)16(19)20/h9-10,12H,3-8,17H2,1-2H3,(H,19,20). The molecule has 0 bridgehead atoms. The van der Waals surface area contributed by atoms with Gasteiger partial charge in [0.1, 0.15) is 17.5 Å². The van der Waals surface area contributed by atoms with Crippen molar-refractivity contribution in [2.45, 2.75) is 31.7 Å². The topological polar surface area (TPSA) is 85.0 Å². The van der Waals surface area contributed by atoms with E-state index in [1.807, 2.05) is 12.1 Å². The van der Waals surface area contributed by atoms with Gasteiger partial charge in [-0.1, -0.05) is 0 Å². The molecule has 1 aliphatic heterocycles. The Morgan fingerprint density at radius 2 is 1.86 bits per heavy atom. The van der Waals surface area contributed by atoms with Crippen LogP contribution in [0.15, 0.2) is 12.1 Å². The number of carboxylic acid groups (broad SMARTS) is 1. The summed E-state index contributed by atoms with van der Waals surface area (Å²) in [6, 6.07) is 2.80. The molecule has 6 nitrogen and oxygen atoms in total. The van der Waals surface area contributed by atoms with Gasteiger partial charge >= 0.3 is 5.97 Å².